The van der Waals surface area contributed by atoms with Crippen LogP contribution >= 0.6 is 0 Å². The Labute approximate surface area is 164 Å². The van der Waals surface area contributed by atoms with Crippen molar-refractivity contribution in [1.29, 1.82) is 0 Å². The average molecular weight is 405 g/mol. The summed E-state index contributed by atoms with van der Waals surface area (Å²) in [5, 5.41) is 0. The predicted molar refractivity (Wildman–Crippen MR) is 102 cm³/mol. The number of rotatable bonds is 7. The van der Waals surface area contributed by atoms with Gasteiger partial charge in [-0.3, -0.25) is 0 Å². The van der Waals surface area contributed by atoms with E-state index >= 15 is 0 Å². The summed E-state index contributed by atoms with van der Waals surface area (Å²) in [5.74, 6) is 2.21. The molecule has 1 heterocycles. The van der Waals surface area contributed by atoms with Crippen molar-refractivity contribution in [2.24, 2.45) is 0 Å². The highest BCUT2D eigenvalue weighted by Crippen LogP contribution is 2.37. The zero-order valence-corrected chi connectivity index (χ0v) is 16.7. The third-order valence-electron chi connectivity index (χ3n) is 5.22. The highest BCUT2D eigenvalue weighted by molar-refractivity contribution is 7.89. The summed E-state index contributed by atoms with van der Waals surface area (Å²) in [4.78, 5) is 0.192. The molecule has 150 valence electrons. The molecule has 0 unspecified atom stereocenters. The first-order valence-electron chi connectivity index (χ1n) is 9.15. The van der Waals surface area contributed by atoms with Gasteiger partial charge in [0.2, 0.25) is 16.8 Å². The molecule has 1 aliphatic carbocycles. The van der Waals surface area contributed by atoms with Crippen LogP contribution in [0.5, 0.6) is 23.0 Å². The van der Waals surface area contributed by atoms with E-state index in [1.807, 2.05) is 18.2 Å². The second-order valence-corrected chi connectivity index (χ2v) is 8.73. The molecule has 2 aromatic rings. The van der Waals surface area contributed by atoms with Gasteiger partial charge in [-0.15, -0.1) is 0 Å². The molecule has 7 nitrogen and oxygen atoms in total. The first-order chi connectivity index (χ1) is 13.5. The number of fused-ring (bicyclic) bond motifs is 1. The Morgan fingerprint density at radius 2 is 1.75 bits per heavy atom. The molecule has 2 aliphatic rings. The molecule has 0 N–H and O–H groups in total. The quantitative estimate of drug-likeness (QED) is 0.704. The van der Waals surface area contributed by atoms with Crippen LogP contribution in [0.2, 0.25) is 0 Å². The summed E-state index contributed by atoms with van der Waals surface area (Å²) >= 11 is 0. The van der Waals surface area contributed by atoms with E-state index in [2.05, 4.69) is 0 Å². The highest BCUT2D eigenvalue weighted by Gasteiger charge is 2.35. The molecule has 0 amide bonds. The molecule has 0 spiro atoms. The van der Waals surface area contributed by atoms with E-state index < -0.39 is 10.0 Å². The first-order valence-corrected chi connectivity index (χ1v) is 10.6. The van der Waals surface area contributed by atoms with Crippen molar-refractivity contribution < 1.29 is 27.4 Å². The lowest BCUT2D eigenvalue weighted by Gasteiger charge is -2.36. The summed E-state index contributed by atoms with van der Waals surface area (Å²) in [6.07, 6.45) is 2.75. The van der Waals surface area contributed by atoms with Crippen molar-refractivity contribution in [2.75, 3.05) is 21.0 Å². The lowest BCUT2D eigenvalue weighted by atomic mass is 9.93. The molecule has 8 heteroatoms. The fourth-order valence-electron chi connectivity index (χ4n) is 3.42. The van der Waals surface area contributed by atoms with Gasteiger partial charge in [0, 0.05) is 18.7 Å². The third kappa shape index (κ3) is 3.38. The van der Waals surface area contributed by atoms with E-state index in [1.165, 1.54) is 20.3 Å². The minimum Gasteiger partial charge on any atom is -0.493 e. The van der Waals surface area contributed by atoms with Crippen molar-refractivity contribution in [3.8, 4) is 23.0 Å². The molecule has 2 aromatic carbocycles. The Bertz CT molecular complexity index is 971. The Kier molecular flexibility index (Phi) is 5.07. The summed E-state index contributed by atoms with van der Waals surface area (Å²) in [6.45, 7) is 0.465. The average Bonchev–Trinajstić information content (AvgIpc) is 3.13. The van der Waals surface area contributed by atoms with Crippen LogP contribution in [-0.2, 0) is 16.6 Å². The van der Waals surface area contributed by atoms with Crippen LogP contribution < -0.4 is 18.9 Å². The molecule has 28 heavy (non-hydrogen) atoms. The van der Waals surface area contributed by atoms with Crippen LogP contribution in [0.3, 0.4) is 0 Å². The molecular weight excluding hydrogens is 382 g/mol. The molecule has 1 saturated carbocycles. The number of benzene rings is 2. The fourth-order valence-corrected chi connectivity index (χ4v) is 5.11. The molecule has 0 bridgehead atoms. The Balaban J connectivity index is 1.67. The van der Waals surface area contributed by atoms with Gasteiger partial charge < -0.3 is 18.9 Å². The molecule has 4 rings (SSSR count). The largest absolute Gasteiger partial charge is 0.493 e. The monoisotopic (exact) mass is 405 g/mol. The van der Waals surface area contributed by atoms with Crippen LogP contribution in [0, 0.1) is 0 Å². The highest BCUT2D eigenvalue weighted by atomic mass is 32.2. The lowest BCUT2D eigenvalue weighted by molar-refractivity contribution is 0.174. The van der Waals surface area contributed by atoms with Crippen LogP contribution in [0.1, 0.15) is 24.8 Å². The smallest absolute Gasteiger partial charge is 0.243 e. The summed E-state index contributed by atoms with van der Waals surface area (Å²) in [6, 6.07) is 10.2. The molecule has 0 aromatic heterocycles. The van der Waals surface area contributed by atoms with E-state index in [0.29, 0.717) is 23.0 Å². The van der Waals surface area contributed by atoms with Crippen LogP contribution in [-0.4, -0.2) is 39.8 Å². The van der Waals surface area contributed by atoms with Crippen molar-refractivity contribution >= 4 is 10.0 Å². The van der Waals surface area contributed by atoms with Gasteiger partial charge in [-0.25, -0.2) is 8.42 Å². The van der Waals surface area contributed by atoms with Gasteiger partial charge in [-0.05, 0) is 42.7 Å². The van der Waals surface area contributed by atoms with Gasteiger partial charge in [-0.2, -0.15) is 4.31 Å². The molecule has 0 radical (unpaired) electrons. The van der Waals surface area contributed by atoms with Gasteiger partial charge in [-0.1, -0.05) is 12.5 Å². The van der Waals surface area contributed by atoms with Gasteiger partial charge in [0.05, 0.1) is 19.1 Å². The Morgan fingerprint density at radius 1 is 1.00 bits per heavy atom. The van der Waals surface area contributed by atoms with Gasteiger partial charge in [0.25, 0.3) is 0 Å². The maximum atomic E-state index is 13.4. The van der Waals surface area contributed by atoms with Crippen LogP contribution in [0.4, 0.5) is 0 Å². The Hall–Kier alpha value is -2.45. The van der Waals surface area contributed by atoms with E-state index in [0.717, 1.165) is 24.8 Å². The Morgan fingerprint density at radius 3 is 2.43 bits per heavy atom. The lowest BCUT2D eigenvalue weighted by Crippen LogP contribution is -2.43. The third-order valence-corrected chi connectivity index (χ3v) is 7.11. The minimum atomic E-state index is -3.71. The SMILES string of the molecule is COc1ccc(S(=O)(=O)N(Cc2ccc3c(c2)OCO3)C2CCC2)cc1OC. The van der Waals surface area contributed by atoms with E-state index in [9.17, 15) is 8.42 Å². The fraction of sp³-hybridized carbons (Fsp3) is 0.400. The maximum absolute atomic E-state index is 13.4. The normalized spacial score (nSPS) is 16.1. The zero-order valence-electron chi connectivity index (χ0n) is 15.9. The summed E-state index contributed by atoms with van der Waals surface area (Å²) in [5.41, 5.74) is 0.861. The van der Waals surface area contributed by atoms with Crippen molar-refractivity contribution in [3.63, 3.8) is 0 Å². The molecule has 1 fully saturated rings. The van der Waals surface area contributed by atoms with E-state index in [4.69, 9.17) is 18.9 Å². The van der Waals surface area contributed by atoms with Gasteiger partial charge in [0.1, 0.15) is 0 Å². The molecule has 0 saturated heterocycles. The minimum absolute atomic E-state index is 0.0106. The number of methoxy groups -OCH3 is 2. The van der Waals surface area contributed by atoms with Gasteiger partial charge in [0.15, 0.2) is 23.0 Å². The number of hydrogen-bond donors (Lipinski definition) is 0. The number of hydrogen-bond acceptors (Lipinski definition) is 6. The standard InChI is InChI=1S/C20H23NO6S/c1-24-17-9-7-16(11-19(17)25-2)28(22,23)21(15-4-3-5-15)12-14-6-8-18-20(10-14)27-13-26-18/h6-11,15H,3-5,12-13H2,1-2H3. The van der Waals surface area contributed by atoms with Crippen molar-refractivity contribution in [3.05, 3.63) is 42.0 Å². The first kappa shape index (κ1) is 18.9. The molecular formula is C20H23NO6S. The zero-order chi connectivity index (χ0) is 19.7. The van der Waals surface area contributed by atoms with Crippen LogP contribution in [0.25, 0.3) is 0 Å². The van der Waals surface area contributed by atoms with E-state index in [1.54, 1.807) is 16.4 Å². The topological polar surface area (TPSA) is 74.3 Å². The van der Waals surface area contributed by atoms with Gasteiger partial charge >= 0.3 is 0 Å². The number of nitrogens with zero attached hydrogens (tertiary/aromatic N) is 1. The number of ether oxygens (including phenoxy) is 4. The molecule has 1 aliphatic heterocycles. The molecule has 0 atom stereocenters. The summed E-state index contributed by atoms with van der Waals surface area (Å²) in [7, 11) is -0.694. The maximum Gasteiger partial charge on any atom is 0.243 e. The van der Waals surface area contributed by atoms with Crippen molar-refractivity contribution in [1.82, 2.24) is 4.31 Å². The second-order valence-electron chi connectivity index (χ2n) is 6.84. The summed E-state index contributed by atoms with van der Waals surface area (Å²) < 4.78 is 49.7. The van der Waals surface area contributed by atoms with E-state index in [-0.39, 0.29) is 24.3 Å². The number of sulfonamides is 1. The van der Waals surface area contributed by atoms with Crippen molar-refractivity contribution in [2.45, 2.75) is 36.7 Å². The second kappa shape index (κ2) is 7.52. The van der Waals surface area contributed by atoms with Crippen LogP contribution in [0.15, 0.2) is 41.3 Å². The predicted octanol–water partition coefficient (Wildman–Crippen LogP) is 3.18.